The molecule has 24 heavy (non-hydrogen) atoms. The summed E-state index contributed by atoms with van der Waals surface area (Å²) in [7, 11) is 1.84. The Bertz CT molecular complexity index is 456. The van der Waals surface area contributed by atoms with E-state index in [-0.39, 0.29) is 24.0 Å². The molecule has 0 saturated heterocycles. The summed E-state index contributed by atoms with van der Waals surface area (Å²) in [6.07, 6.45) is 10.6. The van der Waals surface area contributed by atoms with Gasteiger partial charge in [0.25, 0.3) is 0 Å². The van der Waals surface area contributed by atoms with Crippen molar-refractivity contribution in [3.63, 3.8) is 0 Å². The molecule has 1 heterocycles. The number of ether oxygens (including phenoxy) is 1. The third-order valence-corrected chi connectivity index (χ3v) is 4.83. The molecule has 0 aromatic carbocycles. The van der Waals surface area contributed by atoms with Crippen LogP contribution in [0.3, 0.4) is 0 Å². The number of hydrogen-bond acceptors (Lipinski definition) is 2. The lowest BCUT2D eigenvalue weighted by atomic mass is 9.83. The normalized spacial score (nSPS) is 16.7. The molecule has 0 amide bonds. The Morgan fingerprint density at radius 3 is 2.54 bits per heavy atom. The van der Waals surface area contributed by atoms with Crippen molar-refractivity contribution in [2.24, 2.45) is 10.4 Å². The number of halogens is 1. The van der Waals surface area contributed by atoms with Crippen LogP contribution in [0, 0.1) is 5.41 Å². The Labute approximate surface area is 163 Å². The standard InChI is InChI=1S/C18H32N4O.HI/c1-3-23-15-10-18(8-4-5-9-18)16-21-17(19-2)20-11-14-22-12-6-7-13-22;/h6-7,12-13H,3-5,8-11,14-16H2,1-2H3,(H2,19,20,21);1H. The van der Waals surface area contributed by atoms with E-state index >= 15 is 0 Å². The lowest BCUT2D eigenvalue weighted by Gasteiger charge is -2.30. The maximum Gasteiger partial charge on any atom is 0.191 e. The second-order valence-electron chi connectivity index (χ2n) is 6.43. The van der Waals surface area contributed by atoms with Crippen LogP contribution in [0.25, 0.3) is 0 Å². The van der Waals surface area contributed by atoms with E-state index in [2.05, 4.69) is 51.6 Å². The minimum absolute atomic E-state index is 0. The molecule has 6 heteroatoms. The minimum Gasteiger partial charge on any atom is -0.382 e. The lowest BCUT2D eigenvalue weighted by molar-refractivity contribution is 0.105. The van der Waals surface area contributed by atoms with Crippen LogP contribution in [0.1, 0.15) is 39.0 Å². The van der Waals surface area contributed by atoms with Crippen LogP contribution in [-0.4, -0.2) is 43.9 Å². The third-order valence-electron chi connectivity index (χ3n) is 4.83. The van der Waals surface area contributed by atoms with Crippen molar-refractivity contribution in [3.8, 4) is 0 Å². The topological polar surface area (TPSA) is 50.6 Å². The summed E-state index contributed by atoms with van der Waals surface area (Å²) in [6.45, 7) is 6.56. The first-order valence-electron chi connectivity index (χ1n) is 8.91. The molecule has 1 aliphatic carbocycles. The van der Waals surface area contributed by atoms with Gasteiger partial charge in [-0.1, -0.05) is 12.8 Å². The molecule has 1 saturated carbocycles. The molecule has 1 aromatic heterocycles. The van der Waals surface area contributed by atoms with Gasteiger partial charge in [0.2, 0.25) is 0 Å². The highest BCUT2D eigenvalue weighted by Gasteiger charge is 2.33. The molecule has 0 radical (unpaired) electrons. The van der Waals surface area contributed by atoms with Crippen molar-refractivity contribution in [1.82, 2.24) is 15.2 Å². The molecule has 0 spiro atoms. The van der Waals surface area contributed by atoms with Gasteiger partial charge in [0.05, 0.1) is 0 Å². The summed E-state index contributed by atoms with van der Waals surface area (Å²) >= 11 is 0. The van der Waals surface area contributed by atoms with Gasteiger partial charge in [0.1, 0.15) is 0 Å². The first kappa shape index (κ1) is 21.3. The molecule has 0 atom stereocenters. The van der Waals surface area contributed by atoms with E-state index in [1.807, 2.05) is 7.05 Å². The molecule has 0 unspecified atom stereocenters. The van der Waals surface area contributed by atoms with Gasteiger partial charge in [0, 0.05) is 52.3 Å². The maximum atomic E-state index is 5.58. The van der Waals surface area contributed by atoms with Gasteiger partial charge in [-0.3, -0.25) is 4.99 Å². The van der Waals surface area contributed by atoms with Crippen molar-refractivity contribution in [3.05, 3.63) is 24.5 Å². The number of rotatable bonds is 9. The number of nitrogens with one attached hydrogen (secondary N) is 2. The van der Waals surface area contributed by atoms with E-state index in [9.17, 15) is 0 Å². The van der Waals surface area contributed by atoms with Crippen molar-refractivity contribution in [1.29, 1.82) is 0 Å². The molecule has 2 N–H and O–H groups in total. The quantitative estimate of drug-likeness (QED) is 0.264. The van der Waals surface area contributed by atoms with Crippen LogP contribution in [0.4, 0.5) is 0 Å². The molecule has 1 fully saturated rings. The predicted octanol–water partition coefficient (Wildman–Crippen LogP) is 3.26. The SMILES string of the molecule is CCOCCC1(CNC(=NC)NCCn2cccc2)CCCC1.I. The van der Waals surface area contributed by atoms with Crippen molar-refractivity contribution < 1.29 is 4.74 Å². The highest BCUT2D eigenvalue weighted by molar-refractivity contribution is 14.0. The van der Waals surface area contributed by atoms with Crippen LogP contribution < -0.4 is 10.6 Å². The van der Waals surface area contributed by atoms with Crippen LogP contribution in [0.15, 0.2) is 29.5 Å². The first-order valence-corrected chi connectivity index (χ1v) is 8.91. The monoisotopic (exact) mass is 448 g/mol. The van der Waals surface area contributed by atoms with Crippen LogP contribution in [0.2, 0.25) is 0 Å². The van der Waals surface area contributed by atoms with Gasteiger partial charge < -0.3 is 19.9 Å². The Morgan fingerprint density at radius 1 is 1.21 bits per heavy atom. The first-order chi connectivity index (χ1) is 11.3. The molecular formula is C18H33IN4O. The lowest BCUT2D eigenvalue weighted by Crippen LogP contribution is -2.44. The van der Waals surface area contributed by atoms with Gasteiger partial charge in [-0.15, -0.1) is 24.0 Å². The Kier molecular flexibility index (Phi) is 10.4. The molecule has 2 rings (SSSR count). The van der Waals surface area contributed by atoms with Crippen molar-refractivity contribution >= 4 is 29.9 Å². The van der Waals surface area contributed by atoms with Crippen molar-refractivity contribution in [2.45, 2.75) is 45.6 Å². The highest BCUT2D eigenvalue weighted by Crippen LogP contribution is 2.40. The summed E-state index contributed by atoms with van der Waals surface area (Å²) in [5, 5.41) is 6.94. The number of guanidine groups is 1. The highest BCUT2D eigenvalue weighted by atomic mass is 127. The van der Waals surface area contributed by atoms with Crippen LogP contribution >= 0.6 is 24.0 Å². The van der Waals surface area contributed by atoms with E-state index in [1.165, 1.54) is 25.7 Å². The molecule has 1 aliphatic rings. The van der Waals surface area contributed by atoms with Gasteiger partial charge in [-0.2, -0.15) is 0 Å². The summed E-state index contributed by atoms with van der Waals surface area (Å²) in [5.74, 6) is 0.903. The average Bonchev–Trinajstić information content (AvgIpc) is 3.23. The number of nitrogens with zero attached hydrogens (tertiary/aromatic N) is 2. The number of hydrogen-bond donors (Lipinski definition) is 2. The zero-order valence-electron chi connectivity index (χ0n) is 15.1. The maximum absolute atomic E-state index is 5.58. The summed E-state index contributed by atoms with van der Waals surface area (Å²) in [4.78, 5) is 4.35. The zero-order valence-corrected chi connectivity index (χ0v) is 17.4. The minimum atomic E-state index is 0. The van der Waals surface area contributed by atoms with Crippen molar-refractivity contribution in [2.75, 3.05) is 33.4 Å². The summed E-state index contributed by atoms with van der Waals surface area (Å²) < 4.78 is 7.75. The Balaban J connectivity index is 0.00000288. The van der Waals surface area contributed by atoms with Crippen LogP contribution in [-0.2, 0) is 11.3 Å². The molecule has 5 nitrogen and oxygen atoms in total. The molecule has 0 aliphatic heterocycles. The van der Waals surface area contributed by atoms with E-state index in [0.29, 0.717) is 5.41 Å². The Morgan fingerprint density at radius 2 is 1.92 bits per heavy atom. The largest absolute Gasteiger partial charge is 0.382 e. The average molecular weight is 448 g/mol. The van der Waals surface area contributed by atoms with Gasteiger partial charge >= 0.3 is 0 Å². The second-order valence-corrected chi connectivity index (χ2v) is 6.43. The zero-order chi connectivity index (χ0) is 16.4. The summed E-state index contributed by atoms with van der Waals surface area (Å²) in [5.41, 5.74) is 0.382. The second kappa shape index (κ2) is 11.7. The van der Waals surface area contributed by atoms with E-state index < -0.39 is 0 Å². The number of aliphatic imine (C=N–C) groups is 1. The number of aromatic nitrogens is 1. The van der Waals surface area contributed by atoms with E-state index in [0.717, 1.165) is 45.2 Å². The van der Waals surface area contributed by atoms with E-state index in [1.54, 1.807) is 0 Å². The molecule has 0 bridgehead atoms. The molecular weight excluding hydrogens is 415 g/mol. The Hall–Kier alpha value is -0.760. The predicted molar refractivity (Wildman–Crippen MR) is 111 cm³/mol. The molecule has 138 valence electrons. The third kappa shape index (κ3) is 7.01. The fraction of sp³-hybridized carbons (Fsp3) is 0.722. The van der Waals surface area contributed by atoms with E-state index in [4.69, 9.17) is 4.74 Å². The van der Waals surface area contributed by atoms with Crippen LogP contribution in [0.5, 0.6) is 0 Å². The summed E-state index contributed by atoms with van der Waals surface area (Å²) in [6, 6.07) is 4.10. The smallest absolute Gasteiger partial charge is 0.191 e. The molecule has 1 aromatic rings. The van der Waals surface area contributed by atoms with Gasteiger partial charge in [0.15, 0.2) is 5.96 Å². The van der Waals surface area contributed by atoms with Gasteiger partial charge in [-0.05, 0) is 43.7 Å². The fourth-order valence-corrected chi connectivity index (χ4v) is 3.39. The fourth-order valence-electron chi connectivity index (χ4n) is 3.39. The van der Waals surface area contributed by atoms with Gasteiger partial charge in [-0.25, -0.2) is 0 Å².